The summed E-state index contributed by atoms with van der Waals surface area (Å²) in [6.45, 7) is 0.974. The lowest BCUT2D eigenvalue weighted by Gasteiger charge is -2.35. The van der Waals surface area contributed by atoms with Gasteiger partial charge in [-0.2, -0.15) is 0 Å². The molecule has 2 aromatic rings. The Bertz CT molecular complexity index is 801. The van der Waals surface area contributed by atoms with Crippen LogP contribution in [0.25, 0.3) is 0 Å². The first-order valence-electron chi connectivity index (χ1n) is 8.79. The third-order valence-electron chi connectivity index (χ3n) is 4.96. The molecule has 0 amide bonds. The molecule has 1 saturated heterocycles. The predicted octanol–water partition coefficient (Wildman–Crippen LogP) is 3.76. The maximum absolute atomic E-state index is 13.0. The number of rotatable bonds is 6. The van der Waals surface area contributed by atoms with E-state index in [4.69, 9.17) is 4.74 Å². The second-order valence-corrected chi connectivity index (χ2v) is 8.66. The van der Waals surface area contributed by atoms with Crippen LogP contribution >= 0.6 is 0 Å². The van der Waals surface area contributed by atoms with Crippen molar-refractivity contribution in [3.8, 4) is 0 Å². The summed E-state index contributed by atoms with van der Waals surface area (Å²) in [5.74, 6) is -0.164. The number of hydrogen-bond donors (Lipinski definition) is 0. The first-order valence-corrected chi connectivity index (χ1v) is 10.4. The van der Waals surface area contributed by atoms with Gasteiger partial charge in [0.15, 0.2) is 0 Å². The van der Waals surface area contributed by atoms with Crippen LogP contribution in [0.4, 0.5) is 4.39 Å². The van der Waals surface area contributed by atoms with Gasteiger partial charge in [-0.25, -0.2) is 17.1 Å². The van der Waals surface area contributed by atoms with Gasteiger partial charge in [-0.15, -0.1) is 0 Å². The Kier molecular flexibility index (Phi) is 6.06. The summed E-state index contributed by atoms with van der Waals surface area (Å²) in [6, 6.07) is 15.7. The zero-order valence-corrected chi connectivity index (χ0v) is 15.7. The van der Waals surface area contributed by atoms with Gasteiger partial charge in [-0.3, -0.25) is 0 Å². The summed E-state index contributed by atoms with van der Waals surface area (Å²) in [5.41, 5.74) is 1.73. The molecule has 1 fully saturated rings. The SMILES string of the molecule is COC(c1ccccc1)C1CCN(S(=O)(=O)Cc2ccc(F)cc2)CC1. The van der Waals surface area contributed by atoms with E-state index >= 15 is 0 Å². The number of methoxy groups -OCH3 is 1. The number of benzene rings is 2. The van der Waals surface area contributed by atoms with Gasteiger partial charge in [-0.1, -0.05) is 42.5 Å². The fourth-order valence-electron chi connectivity index (χ4n) is 3.58. The Labute approximate surface area is 154 Å². The molecular weight excluding hydrogens is 353 g/mol. The van der Waals surface area contributed by atoms with Crippen LogP contribution in [0.15, 0.2) is 54.6 Å². The standard InChI is InChI=1S/C20H24FNO3S/c1-25-20(17-5-3-2-4-6-17)18-11-13-22(14-12-18)26(23,24)15-16-7-9-19(21)10-8-16/h2-10,18,20H,11-15H2,1H3. The van der Waals surface area contributed by atoms with Crippen molar-refractivity contribution in [1.82, 2.24) is 4.31 Å². The van der Waals surface area contributed by atoms with Crippen molar-refractivity contribution >= 4 is 10.0 Å². The highest BCUT2D eigenvalue weighted by atomic mass is 32.2. The first kappa shape index (κ1) is 19.0. The number of piperidine rings is 1. The van der Waals surface area contributed by atoms with Gasteiger partial charge in [0.1, 0.15) is 5.82 Å². The predicted molar refractivity (Wildman–Crippen MR) is 99.5 cm³/mol. The van der Waals surface area contributed by atoms with Crippen LogP contribution in [0.3, 0.4) is 0 Å². The highest BCUT2D eigenvalue weighted by Gasteiger charge is 2.32. The molecule has 140 valence electrons. The summed E-state index contributed by atoms with van der Waals surface area (Å²) in [5, 5.41) is 0. The maximum Gasteiger partial charge on any atom is 0.218 e. The van der Waals surface area contributed by atoms with Gasteiger partial charge in [0, 0.05) is 20.2 Å². The molecule has 26 heavy (non-hydrogen) atoms. The van der Waals surface area contributed by atoms with Gasteiger partial charge < -0.3 is 4.74 Å². The van der Waals surface area contributed by atoms with Crippen LogP contribution < -0.4 is 0 Å². The van der Waals surface area contributed by atoms with Crippen molar-refractivity contribution in [1.29, 1.82) is 0 Å². The van der Waals surface area contributed by atoms with E-state index in [1.54, 1.807) is 11.4 Å². The minimum absolute atomic E-state index is 0.0156. The molecule has 3 rings (SSSR count). The highest BCUT2D eigenvalue weighted by Crippen LogP contribution is 2.34. The van der Waals surface area contributed by atoms with E-state index in [9.17, 15) is 12.8 Å². The molecular formula is C20H24FNO3S. The van der Waals surface area contributed by atoms with E-state index in [1.165, 1.54) is 24.3 Å². The molecule has 1 unspecified atom stereocenters. The number of halogens is 1. The van der Waals surface area contributed by atoms with Crippen LogP contribution in [-0.2, 0) is 20.5 Å². The maximum atomic E-state index is 13.0. The Morgan fingerprint density at radius 2 is 1.69 bits per heavy atom. The number of hydrogen-bond acceptors (Lipinski definition) is 3. The van der Waals surface area contributed by atoms with Crippen molar-refractivity contribution in [3.63, 3.8) is 0 Å². The number of ether oxygens (including phenoxy) is 1. The monoisotopic (exact) mass is 377 g/mol. The highest BCUT2D eigenvalue weighted by molar-refractivity contribution is 7.88. The lowest BCUT2D eigenvalue weighted by atomic mass is 9.88. The summed E-state index contributed by atoms with van der Waals surface area (Å²) >= 11 is 0. The van der Waals surface area contributed by atoms with E-state index in [0.29, 0.717) is 24.6 Å². The van der Waals surface area contributed by atoms with Crippen molar-refractivity contribution in [3.05, 3.63) is 71.5 Å². The largest absolute Gasteiger partial charge is 0.376 e. The van der Waals surface area contributed by atoms with Crippen molar-refractivity contribution in [2.45, 2.75) is 24.7 Å². The summed E-state index contributed by atoms with van der Waals surface area (Å²) in [6.07, 6.45) is 1.50. The lowest BCUT2D eigenvalue weighted by molar-refractivity contribution is 0.0303. The third-order valence-corrected chi connectivity index (χ3v) is 6.81. The minimum Gasteiger partial charge on any atom is -0.376 e. The zero-order chi connectivity index (χ0) is 18.6. The summed E-state index contributed by atoms with van der Waals surface area (Å²) in [4.78, 5) is 0. The Balaban J connectivity index is 1.62. The smallest absolute Gasteiger partial charge is 0.218 e. The second kappa shape index (κ2) is 8.29. The van der Waals surface area contributed by atoms with E-state index in [1.807, 2.05) is 30.3 Å². The molecule has 2 aromatic carbocycles. The van der Waals surface area contributed by atoms with Crippen molar-refractivity contribution in [2.75, 3.05) is 20.2 Å². The lowest BCUT2D eigenvalue weighted by Crippen LogP contribution is -2.40. The summed E-state index contributed by atoms with van der Waals surface area (Å²) < 4.78 is 45.6. The molecule has 1 atom stereocenters. The van der Waals surface area contributed by atoms with E-state index in [0.717, 1.165) is 18.4 Å². The zero-order valence-electron chi connectivity index (χ0n) is 14.8. The number of sulfonamides is 1. The van der Waals surface area contributed by atoms with Crippen LogP contribution in [0.5, 0.6) is 0 Å². The van der Waals surface area contributed by atoms with Gasteiger partial charge in [0.05, 0.1) is 11.9 Å². The minimum atomic E-state index is -3.40. The Hall–Kier alpha value is -1.76. The molecule has 1 heterocycles. The fraction of sp³-hybridized carbons (Fsp3) is 0.400. The third kappa shape index (κ3) is 4.50. The Morgan fingerprint density at radius 3 is 2.27 bits per heavy atom. The fourth-order valence-corrected chi connectivity index (χ4v) is 5.15. The van der Waals surface area contributed by atoms with E-state index in [-0.39, 0.29) is 17.7 Å². The van der Waals surface area contributed by atoms with Gasteiger partial charge >= 0.3 is 0 Å². The molecule has 0 aromatic heterocycles. The number of nitrogens with zero attached hydrogens (tertiary/aromatic N) is 1. The molecule has 0 N–H and O–H groups in total. The van der Waals surface area contributed by atoms with E-state index < -0.39 is 10.0 Å². The van der Waals surface area contributed by atoms with Crippen LogP contribution in [0.1, 0.15) is 30.1 Å². The van der Waals surface area contributed by atoms with Gasteiger partial charge in [0.25, 0.3) is 0 Å². The first-order chi connectivity index (χ1) is 12.5. The molecule has 0 saturated carbocycles. The topological polar surface area (TPSA) is 46.6 Å². The molecule has 0 radical (unpaired) electrons. The quantitative estimate of drug-likeness (QED) is 0.770. The van der Waals surface area contributed by atoms with E-state index in [2.05, 4.69) is 0 Å². The van der Waals surface area contributed by atoms with Crippen molar-refractivity contribution < 1.29 is 17.5 Å². The average molecular weight is 377 g/mol. The van der Waals surface area contributed by atoms with Crippen LogP contribution in [0, 0.1) is 11.7 Å². The summed E-state index contributed by atoms with van der Waals surface area (Å²) in [7, 11) is -1.70. The van der Waals surface area contributed by atoms with Crippen LogP contribution in [0.2, 0.25) is 0 Å². The molecule has 6 heteroatoms. The van der Waals surface area contributed by atoms with Crippen molar-refractivity contribution in [2.24, 2.45) is 5.92 Å². The molecule has 0 bridgehead atoms. The molecule has 4 nitrogen and oxygen atoms in total. The molecule has 1 aliphatic rings. The second-order valence-electron chi connectivity index (χ2n) is 6.69. The molecule has 1 aliphatic heterocycles. The molecule has 0 aliphatic carbocycles. The van der Waals surface area contributed by atoms with Gasteiger partial charge in [-0.05, 0) is 42.0 Å². The Morgan fingerprint density at radius 1 is 1.08 bits per heavy atom. The molecule has 0 spiro atoms. The van der Waals surface area contributed by atoms with Gasteiger partial charge in [0.2, 0.25) is 10.0 Å². The normalized spacial score (nSPS) is 17.9. The average Bonchev–Trinajstić information content (AvgIpc) is 2.65. The van der Waals surface area contributed by atoms with Crippen LogP contribution in [-0.4, -0.2) is 32.9 Å².